The molecule has 1 aliphatic rings. The number of methoxy groups -OCH3 is 1. The number of H-pyrrole nitrogens is 1. The second kappa shape index (κ2) is 13.9. The minimum atomic E-state index is -0.302. The van der Waals surface area contributed by atoms with Crippen LogP contribution >= 0.6 is 0 Å². The zero-order valence-electron chi connectivity index (χ0n) is 20.5. The second-order valence-corrected chi connectivity index (χ2v) is 8.11. The SMILES string of the molecule is C#C.COc1c(OC2CCN(C(=O)OC(C)C)CC2)ccnc1Nc1ccc(CCCO)[nH]c1=O. The lowest BCUT2D eigenvalue weighted by Crippen LogP contribution is -2.42. The Morgan fingerprint density at radius 3 is 2.60 bits per heavy atom. The van der Waals surface area contributed by atoms with Gasteiger partial charge in [0, 0.05) is 50.5 Å². The van der Waals surface area contributed by atoms with Crippen molar-refractivity contribution in [1.82, 2.24) is 14.9 Å². The van der Waals surface area contributed by atoms with Gasteiger partial charge in [0.25, 0.3) is 5.56 Å². The lowest BCUT2D eigenvalue weighted by atomic mass is 10.1. The monoisotopic (exact) mass is 486 g/mol. The van der Waals surface area contributed by atoms with E-state index in [1.165, 1.54) is 7.11 Å². The van der Waals surface area contributed by atoms with E-state index in [9.17, 15) is 9.59 Å². The molecule has 10 nitrogen and oxygen atoms in total. The van der Waals surface area contributed by atoms with Crippen molar-refractivity contribution in [2.45, 2.75) is 51.7 Å². The molecule has 10 heteroatoms. The van der Waals surface area contributed by atoms with Gasteiger partial charge < -0.3 is 34.5 Å². The number of rotatable bonds is 9. The van der Waals surface area contributed by atoms with Gasteiger partial charge >= 0.3 is 6.09 Å². The maximum atomic E-state index is 12.4. The number of aliphatic hydroxyl groups is 1. The summed E-state index contributed by atoms with van der Waals surface area (Å²) in [4.78, 5) is 33.3. The standard InChI is InChI=1S/C23H32N4O6.C2H2/c1-15(2)32-23(30)27-12-9-17(10-13-27)33-19-8-11-24-21(20(19)31-3)26-18-7-6-16(5-4-14-28)25-22(18)29;1-2/h6-8,11,15,17,28H,4-5,9-10,12-14H2,1-3H3,(H,24,26)(H,25,29);1-2H. The highest BCUT2D eigenvalue weighted by Crippen LogP contribution is 2.36. The Labute approximate surface area is 205 Å². The van der Waals surface area contributed by atoms with E-state index in [1.807, 2.05) is 13.8 Å². The Morgan fingerprint density at radius 2 is 2.00 bits per heavy atom. The Bertz CT molecular complexity index is 1030. The molecule has 3 N–H and O–H groups in total. The van der Waals surface area contributed by atoms with Gasteiger partial charge in [-0.15, -0.1) is 12.8 Å². The number of likely N-dealkylation sites (tertiary alicyclic amines) is 1. The fourth-order valence-electron chi connectivity index (χ4n) is 3.58. The molecule has 0 spiro atoms. The van der Waals surface area contributed by atoms with Crippen LogP contribution < -0.4 is 20.3 Å². The van der Waals surface area contributed by atoms with Gasteiger partial charge in [-0.05, 0) is 38.8 Å². The van der Waals surface area contributed by atoms with E-state index in [2.05, 4.69) is 28.1 Å². The third-order valence-corrected chi connectivity index (χ3v) is 5.23. The van der Waals surface area contributed by atoms with Crippen LogP contribution in [0.4, 0.5) is 16.3 Å². The summed E-state index contributed by atoms with van der Waals surface area (Å²) in [7, 11) is 1.52. The lowest BCUT2D eigenvalue weighted by Gasteiger charge is -2.32. The van der Waals surface area contributed by atoms with Gasteiger partial charge in [-0.1, -0.05) is 0 Å². The largest absolute Gasteiger partial charge is 0.490 e. The molecule has 1 fully saturated rings. The summed E-state index contributed by atoms with van der Waals surface area (Å²) < 4.78 is 17.0. The number of terminal acetylenes is 1. The Balaban J connectivity index is 0.00000210. The van der Waals surface area contributed by atoms with E-state index in [1.54, 1.807) is 29.3 Å². The van der Waals surface area contributed by atoms with E-state index in [-0.39, 0.29) is 30.5 Å². The molecular formula is C25H34N4O6. The molecule has 3 rings (SSSR count). The summed E-state index contributed by atoms with van der Waals surface area (Å²) in [5, 5.41) is 12.0. The van der Waals surface area contributed by atoms with Gasteiger partial charge in [-0.25, -0.2) is 9.78 Å². The van der Waals surface area contributed by atoms with Gasteiger partial charge in [0.15, 0.2) is 11.6 Å². The van der Waals surface area contributed by atoms with Crippen molar-refractivity contribution < 1.29 is 24.1 Å². The van der Waals surface area contributed by atoms with Crippen LogP contribution in [0.2, 0.25) is 0 Å². The number of aromatic amines is 1. The number of hydrogen-bond acceptors (Lipinski definition) is 8. The molecule has 1 amide bonds. The number of carbonyl (C=O) groups is 1. The first-order chi connectivity index (χ1) is 16.9. The molecule has 2 aromatic rings. The first-order valence-corrected chi connectivity index (χ1v) is 11.5. The molecule has 1 saturated heterocycles. The number of hydrogen-bond donors (Lipinski definition) is 3. The zero-order valence-corrected chi connectivity index (χ0v) is 20.5. The molecule has 190 valence electrons. The number of aryl methyl sites for hydroxylation is 1. The Hall–Kier alpha value is -3.71. The third-order valence-electron chi connectivity index (χ3n) is 5.23. The lowest BCUT2D eigenvalue weighted by molar-refractivity contribution is 0.0511. The molecule has 0 unspecified atom stereocenters. The normalized spacial score (nSPS) is 13.5. The molecule has 0 radical (unpaired) electrons. The number of ether oxygens (including phenoxy) is 3. The molecule has 1 aliphatic heterocycles. The average Bonchev–Trinajstić information content (AvgIpc) is 2.85. The van der Waals surface area contributed by atoms with E-state index in [0.717, 1.165) is 5.69 Å². The molecule has 0 bridgehead atoms. The molecule has 0 aliphatic carbocycles. The van der Waals surface area contributed by atoms with Crippen LogP contribution in [0.5, 0.6) is 11.5 Å². The number of piperidine rings is 1. The fourth-order valence-corrected chi connectivity index (χ4v) is 3.58. The van der Waals surface area contributed by atoms with Crippen LogP contribution in [-0.4, -0.2) is 65.1 Å². The highest BCUT2D eigenvalue weighted by molar-refractivity contribution is 5.68. The van der Waals surface area contributed by atoms with Crippen molar-refractivity contribution in [2.24, 2.45) is 0 Å². The fraction of sp³-hybridized carbons (Fsp3) is 0.480. The smallest absolute Gasteiger partial charge is 0.410 e. The van der Waals surface area contributed by atoms with Gasteiger partial charge in [-0.3, -0.25) is 4.79 Å². The van der Waals surface area contributed by atoms with Crippen LogP contribution in [0, 0.1) is 12.8 Å². The number of pyridine rings is 2. The topological polar surface area (TPSA) is 126 Å². The van der Waals surface area contributed by atoms with Gasteiger partial charge in [-0.2, -0.15) is 0 Å². The summed E-state index contributed by atoms with van der Waals surface area (Å²) in [6.07, 6.45) is 11.5. The summed E-state index contributed by atoms with van der Waals surface area (Å²) in [5.41, 5.74) is 0.782. The van der Waals surface area contributed by atoms with E-state index < -0.39 is 0 Å². The van der Waals surface area contributed by atoms with Crippen molar-refractivity contribution in [1.29, 1.82) is 0 Å². The van der Waals surface area contributed by atoms with Crippen molar-refractivity contribution in [3.8, 4) is 24.3 Å². The van der Waals surface area contributed by atoms with Crippen molar-refractivity contribution in [3.63, 3.8) is 0 Å². The van der Waals surface area contributed by atoms with Crippen molar-refractivity contribution in [3.05, 3.63) is 40.4 Å². The number of anilines is 2. The van der Waals surface area contributed by atoms with E-state index >= 15 is 0 Å². The molecule has 0 aromatic carbocycles. The van der Waals surface area contributed by atoms with Crippen molar-refractivity contribution >= 4 is 17.6 Å². The summed E-state index contributed by atoms with van der Waals surface area (Å²) in [5.74, 6) is 1.26. The highest BCUT2D eigenvalue weighted by atomic mass is 16.6. The maximum Gasteiger partial charge on any atom is 0.410 e. The van der Waals surface area contributed by atoms with Crippen LogP contribution in [0.15, 0.2) is 29.2 Å². The van der Waals surface area contributed by atoms with Crippen LogP contribution in [0.25, 0.3) is 0 Å². The Morgan fingerprint density at radius 1 is 1.29 bits per heavy atom. The maximum absolute atomic E-state index is 12.4. The second-order valence-electron chi connectivity index (χ2n) is 8.11. The zero-order chi connectivity index (χ0) is 25.8. The number of amides is 1. The first-order valence-electron chi connectivity index (χ1n) is 11.5. The number of aromatic nitrogens is 2. The summed E-state index contributed by atoms with van der Waals surface area (Å²) >= 11 is 0. The summed E-state index contributed by atoms with van der Waals surface area (Å²) in [6.45, 7) is 4.82. The average molecular weight is 487 g/mol. The van der Waals surface area contributed by atoms with E-state index in [0.29, 0.717) is 61.8 Å². The first kappa shape index (κ1) is 27.5. The summed E-state index contributed by atoms with van der Waals surface area (Å²) in [6, 6.07) is 5.18. The predicted molar refractivity (Wildman–Crippen MR) is 133 cm³/mol. The molecule has 0 saturated carbocycles. The molecule has 0 atom stereocenters. The molecule has 3 heterocycles. The van der Waals surface area contributed by atoms with Gasteiger partial charge in [0.2, 0.25) is 5.75 Å². The molecule has 2 aromatic heterocycles. The van der Waals surface area contributed by atoms with Gasteiger partial charge in [0.05, 0.1) is 13.2 Å². The third kappa shape index (κ3) is 7.93. The molecular weight excluding hydrogens is 452 g/mol. The minimum absolute atomic E-state index is 0.0665. The van der Waals surface area contributed by atoms with Crippen LogP contribution in [0.1, 0.15) is 38.8 Å². The van der Waals surface area contributed by atoms with Crippen molar-refractivity contribution in [2.75, 3.05) is 32.1 Å². The number of nitrogens with one attached hydrogen (secondary N) is 2. The van der Waals surface area contributed by atoms with Gasteiger partial charge in [0.1, 0.15) is 11.8 Å². The minimum Gasteiger partial charge on any atom is -0.490 e. The molecule has 35 heavy (non-hydrogen) atoms. The van der Waals surface area contributed by atoms with E-state index in [4.69, 9.17) is 19.3 Å². The number of aliphatic hydroxyl groups excluding tert-OH is 1. The predicted octanol–water partition coefficient (Wildman–Crippen LogP) is 3.08. The Kier molecular flexibility index (Phi) is 10.9. The van der Waals surface area contributed by atoms with Crippen LogP contribution in [0.3, 0.4) is 0 Å². The number of nitrogens with zero attached hydrogens (tertiary/aromatic N) is 2. The number of carbonyl (C=O) groups excluding carboxylic acids is 1. The van der Waals surface area contributed by atoms with Crippen LogP contribution in [-0.2, 0) is 11.2 Å². The highest BCUT2D eigenvalue weighted by Gasteiger charge is 2.26. The quantitative estimate of drug-likeness (QED) is 0.462.